The maximum atomic E-state index is 11.2. The number of nitrogens with one attached hydrogen (secondary N) is 3. The van der Waals surface area contributed by atoms with E-state index in [9.17, 15) is 9.90 Å². The van der Waals surface area contributed by atoms with Crippen LogP contribution in [-0.2, 0) is 12.0 Å². The van der Waals surface area contributed by atoms with Crippen LogP contribution in [0.4, 0.5) is 10.6 Å². The van der Waals surface area contributed by atoms with Gasteiger partial charge in [0.25, 0.3) is 0 Å². The number of rotatable bonds is 8. The minimum absolute atomic E-state index is 0.0335. The Bertz CT molecular complexity index is 1310. The van der Waals surface area contributed by atoms with Crippen LogP contribution in [0.5, 0.6) is 0 Å². The molecular formula is C26H34N8O2S. The van der Waals surface area contributed by atoms with Crippen molar-refractivity contribution in [3.63, 3.8) is 0 Å². The van der Waals surface area contributed by atoms with Crippen molar-refractivity contribution in [3.05, 3.63) is 28.2 Å². The van der Waals surface area contributed by atoms with Crippen molar-refractivity contribution in [2.45, 2.75) is 89.1 Å². The minimum Gasteiger partial charge on any atom is -0.465 e. The molecule has 3 saturated carbocycles. The van der Waals surface area contributed by atoms with E-state index < -0.39 is 6.09 Å². The quantitative estimate of drug-likeness (QED) is 0.237. The van der Waals surface area contributed by atoms with Crippen molar-refractivity contribution >= 4 is 40.2 Å². The summed E-state index contributed by atoms with van der Waals surface area (Å²) in [6.45, 7) is 3.04. The molecule has 0 aliphatic heterocycles. The smallest absolute Gasteiger partial charge is 0.410 e. The second kappa shape index (κ2) is 9.66. The Labute approximate surface area is 219 Å². The zero-order chi connectivity index (χ0) is 25.6. The number of nitrogens with zero attached hydrogens (tertiary/aromatic N) is 5. The van der Waals surface area contributed by atoms with Gasteiger partial charge in [-0.15, -0.1) is 11.3 Å². The Morgan fingerprint density at radius 2 is 1.97 bits per heavy atom. The molecule has 196 valence electrons. The first-order valence-corrected chi connectivity index (χ1v) is 14.4. The topological polar surface area (TPSA) is 142 Å². The van der Waals surface area contributed by atoms with Crippen LogP contribution in [0.25, 0.3) is 11.2 Å². The molecule has 0 unspecified atom stereocenters. The molecule has 3 aromatic heterocycles. The lowest BCUT2D eigenvalue weighted by molar-refractivity contribution is 0.200. The molecule has 3 aliphatic rings. The highest BCUT2D eigenvalue weighted by atomic mass is 32.1. The molecule has 10 nitrogen and oxygen atoms in total. The second-order valence-electron chi connectivity index (χ2n) is 11.0. The molecule has 3 fully saturated rings. The van der Waals surface area contributed by atoms with Crippen LogP contribution in [0.15, 0.2) is 11.6 Å². The Hall–Kier alpha value is -3.08. The van der Waals surface area contributed by atoms with E-state index in [0.29, 0.717) is 23.3 Å². The highest BCUT2D eigenvalue weighted by Crippen LogP contribution is 2.54. The van der Waals surface area contributed by atoms with Crippen LogP contribution < -0.4 is 10.6 Å². The van der Waals surface area contributed by atoms with Gasteiger partial charge in [-0.05, 0) is 57.3 Å². The normalized spacial score (nSPS) is 20.4. The highest BCUT2D eigenvalue weighted by Gasteiger charge is 2.52. The monoisotopic (exact) mass is 522 g/mol. The van der Waals surface area contributed by atoms with Gasteiger partial charge < -0.3 is 15.0 Å². The number of aromatic nitrogens is 5. The Morgan fingerprint density at radius 3 is 2.59 bits per heavy atom. The summed E-state index contributed by atoms with van der Waals surface area (Å²) in [5.41, 5.74) is 1.16. The largest absolute Gasteiger partial charge is 0.465 e. The third-order valence-corrected chi connectivity index (χ3v) is 9.44. The van der Waals surface area contributed by atoms with Crippen LogP contribution >= 0.6 is 11.3 Å². The number of thiazole rings is 1. The first-order chi connectivity index (χ1) is 17.9. The van der Waals surface area contributed by atoms with Crippen molar-refractivity contribution in [3.8, 4) is 0 Å². The first kappa shape index (κ1) is 24.3. The average Bonchev–Trinajstić information content (AvgIpc) is 3.27. The van der Waals surface area contributed by atoms with Gasteiger partial charge in [0.1, 0.15) is 16.3 Å². The fourth-order valence-corrected chi connectivity index (χ4v) is 6.87. The molecule has 4 N–H and O–H groups in total. The summed E-state index contributed by atoms with van der Waals surface area (Å²) in [6, 6.07) is 0.205. The molecule has 6 rings (SSSR count). The molecule has 11 heteroatoms. The highest BCUT2D eigenvalue weighted by molar-refractivity contribution is 7.09. The molecule has 1 atom stereocenters. The predicted octanol–water partition coefficient (Wildman–Crippen LogP) is 5.14. The standard InChI is InChI=1S/C26H34N8O2S/c1-15(17-8-5-9-17)29-20-18-21(32-22(31-20)19(27)30-25(35)36)33-23(26(10-11-26)24-28-12-13-37-24)34(18)14-16-6-3-2-4-7-16/h12-13,15-17H,2-11,14H2,1H3,(H2,27,30)(H,35,36)(H,29,31,32)/t15-/m1/s1. The van der Waals surface area contributed by atoms with E-state index in [-0.39, 0.29) is 23.1 Å². The van der Waals surface area contributed by atoms with Gasteiger partial charge in [0.05, 0.1) is 5.41 Å². The van der Waals surface area contributed by atoms with Crippen LogP contribution in [0.1, 0.15) is 87.8 Å². The third kappa shape index (κ3) is 4.58. The van der Waals surface area contributed by atoms with E-state index in [1.807, 2.05) is 11.6 Å². The first-order valence-electron chi connectivity index (χ1n) is 13.5. The van der Waals surface area contributed by atoms with E-state index in [1.165, 1.54) is 51.4 Å². The van der Waals surface area contributed by atoms with Gasteiger partial charge in [-0.25, -0.2) is 24.7 Å². The lowest BCUT2D eigenvalue weighted by atomic mass is 9.80. The number of imidazole rings is 1. The fraction of sp³-hybridized carbons (Fsp3) is 0.615. The number of amides is 1. The van der Waals surface area contributed by atoms with E-state index in [2.05, 4.69) is 32.1 Å². The number of carboxylic acid groups (broad SMARTS) is 1. The van der Waals surface area contributed by atoms with Crippen molar-refractivity contribution in [2.75, 3.05) is 5.32 Å². The van der Waals surface area contributed by atoms with Crippen LogP contribution in [0.3, 0.4) is 0 Å². The minimum atomic E-state index is -1.31. The fourth-order valence-electron chi connectivity index (χ4n) is 5.97. The van der Waals surface area contributed by atoms with E-state index in [4.69, 9.17) is 15.4 Å². The summed E-state index contributed by atoms with van der Waals surface area (Å²) in [5.74, 6) is 2.45. The van der Waals surface area contributed by atoms with Crippen molar-refractivity contribution in [2.24, 2.45) is 11.8 Å². The second-order valence-corrected chi connectivity index (χ2v) is 11.9. The lowest BCUT2D eigenvalue weighted by Gasteiger charge is -2.32. The van der Waals surface area contributed by atoms with Crippen LogP contribution in [0.2, 0.25) is 0 Å². The molecule has 3 heterocycles. The number of hydrogen-bond acceptors (Lipinski definition) is 8. The van der Waals surface area contributed by atoms with Gasteiger partial charge in [0.15, 0.2) is 23.1 Å². The Morgan fingerprint density at radius 1 is 1.19 bits per heavy atom. The van der Waals surface area contributed by atoms with Crippen molar-refractivity contribution in [1.82, 2.24) is 29.8 Å². The molecular weight excluding hydrogens is 488 g/mol. The predicted molar refractivity (Wildman–Crippen MR) is 142 cm³/mol. The summed E-state index contributed by atoms with van der Waals surface area (Å²) in [5, 5.41) is 26.3. The van der Waals surface area contributed by atoms with E-state index >= 15 is 0 Å². The van der Waals surface area contributed by atoms with Gasteiger partial charge in [-0.2, -0.15) is 0 Å². The molecule has 0 aromatic carbocycles. The molecule has 0 bridgehead atoms. The van der Waals surface area contributed by atoms with E-state index in [0.717, 1.165) is 35.7 Å². The van der Waals surface area contributed by atoms with Crippen LogP contribution in [-0.4, -0.2) is 47.6 Å². The maximum Gasteiger partial charge on any atom is 0.410 e. The summed E-state index contributed by atoms with van der Waals surface area (Å²) in [7, 11) is 0. The number of carbonyl (C=O) groups is 1. The average molecular weight is 523 g/mol. The zero-order valence-corrected chi connectivity index (χ0v) is 22.0. The van der Waals surface area contributed by atoms with Crippen molar-refractivity contribution < 1.29 is 9.90 Å². The third-order valence-electron chi connectivity index (χ3n) is 8.47. The van der Waals surface area contributed by atoms with Crippen LogP contribution in [0, 0.1) is 17.2 Å². The van der Waals surface area contributed by atoms with Gasteiger partial charge in [0, 0.05) is 24.2 Å². The summed E-state index contributed by atoms with van der Waals surface area (Å²) in [6.07, 6.45) is 12.4. The maximum absolute atomic E-state index is 11.2. The number of anilines is 1. The SMILES string of the molecule is C[C@@H](Nc1nc(C(=N)NC(=O)O)nc2nc(C3(c4nccs4)CC3)n(CC3CCCCC3)c12)C1CCC1. The Kier molecular flexibility index (Phi) is 6.34. The number of hydrogen-bond donors (Lipinski definition) is 4. The van der Waals surface area contributed by atoms with E-state index in [1.54, 1.807) is 11.3 Å². The van der Waals surface area contributed by atoms with Gasteiger partial charge in [0.2, 0.25) is 0 Å². The van der Waals surface area contributed by atoms with Gasteiger partial charge in [-0.3, -0.25) is 10.7 Å². The van der Waals surface area contributed by atoms with Gasteiger partial charge >= 0.3 is 6.09 Å². The zero-order valence-electron chi connectivity index (χ0n) is 21.2. The molecule has 0 saturated heterocycles. The molecule has 0 radical (unpaired) electrons. The molecule has 3 aromatic rings. The molecule has 3 aliphatic carbocycles. The number of amidine groups is 1. The molecule has 37 heavy (non-hydrogen) atoms. The summed E-state index contributed by atoms with van der Waals surface area (Å²) in [4.78, 5) is 30.4. The van der Waals surface area contributed by atoms with Crippen molar-refractivity contribution in [1.29, 1.82) is 5.41 Å². The lowest BCUT2D eigenvalue weighted by Crippen LogP contribution is -2.33. The summed E-state index contributed by atoms with van der Waals surface area (Å²) < 4.78 is 2.34. The molecule has 1 amide bonds. The summed E-state index contributed by atoms with van der Waals surface area (Å²) >= 11 is 1.67. The molecule has 0 spiro atoms. The number of fused-ring (bicyclic) bond motifs is 1. The Balaban J connectivity index is 1.50. The van der Waals surface area contributed by atoms with Gasteiger partial charge in [-0.1, -0.05) is 25.7 Å².